The van der Waals surface area contributed by atoms with Gasteiger partial charge in [0, 0.05) is 37.8 Å². The number of nitrogens with zero attached hydrogens (tertiary/aromatic N) is 4. The summed E-state index contributed by atoms with van der Waals surface area (Å²) in [5, 5.41) is 8.97. The van der Waals surface area contributed by atoms with E-state index in [0.717, 1.165) is 68.1 Å². The Labute approximate surface area is 167 Å². The van der Waals surface area contributed by atoms with Gasteiger partial charge in [0.1, 0.15) is 5.75 Å². The maximum absolute atomic E-state index is 5.50. The summed E-state index contributed by atoms with van der Waals surface area (Å²) in [6, 6.07) is 12.7. The number of methoxy groups -OCH3 is 1. The Morgan fingerprint density at radius 2 is 1.75 bits per heavy atom. The molecule has 3 heterocycles. The summed E-state index contributed by atoms with van der Waals surface area (Å²) in [7, 11) is 1.68. The molecule has 0 N–H and O–H groups in total. The quantitative estimate of drug-likeness (QED) is 0.792. The van der Waals surface area contributed by atoms with E-state index in [1.54, 1.807) is 7.11 Å². The summed E-state index contributed by atoms with van der Waals surface area (Å²) in [5.41, 5.74) is 1.82. The third-order valence-corrected chi connectivity index (χ3v) is 6.20. The van der Waals surface area contributed by atoms with Crippen molar-refractivity contribution in [2.45, 2.75) is 25.8 Å². The van der Waals surface area contributed by atoms with E-state index in [4.69, 9.17) is 9.47 Å². The maximum Gasteiger partial charge on any atom is 0.151 e. The van der Waals surface area contributed by atoms with E-state index >= 15 is 0 Å². The molecule has 0 spiro atoms. The van der Waals surface area contributed by atoms with Crippen molar-refractivity contribution in [2.24, 2.45) is 5.92 Å². The second-order valence-corrected chi connectivity index (χ2v) is 7.69. The topological polar surface area (TPSA) is 50.7 Å². The van der Waals surface area contributed by atoms with Gasteiger partial charge >= 0.3 is 0 Å². The second-order valence-electron chi connectivity index (χ2n) is 7.69. The lowest BCUT2D eigenvalue weighted by molar-refractivity contribution is 0.00447. The van der Waals surface area contributed by atoms with E-state index < -0.39 is 0 Å². The van der Waals surface area contributed by atoms with Gasteiger partial charge in [-0.2, -0.15) is 0 Å². The van der Waals surface area contributed by atoms with Crippen LogP contribution in [0.1, 0.15) is 19.8 Å². The van der Waals surface area contributed by atoms with Gasteiger partial charge in [-0.25, -0.2) is 0 Å². The first kappa shape index (κ1) is 19.2. The molecule has 6 heteroatoms. The van der Waals surface area contributed by atoms with Gasteiger partial charge in [-0.15, -0.1) is 10.2 Å². The Balaban J connectivity index is 1.37. The SMILES string of the molecule is COc1ccccc1-c1ccc(N2CCC(C(C)N3CCOCC3)CC2)nn1. The van der Waals surface area contributed by atoms with Crippen LogP contribution < -0.4 is 9.64 Å². The molecule has 0 amide bonds. The van der Waals surface area contributed by atoms with Crippen molar-refractivity contribution >= 4 is 5.82 Å². The zero-order valence-electron chi connectivity index (χ0n) is 16.9. The number of hydrogen-bond acceptors (Lipinski definition) is 6. The summed E-state index contributed by atoms with van der Waals surface area (Å²) in [6.07, 6.45) is 2.41. The summed E-state index contributed by atoms with van der Waals surface area (Å²) in [4.78, 5) is 4.95. The van der Waals surface area contributed by atoms with Crippen LogP contribution >= 0.6 is 0 Å². The molecule has 2 saturated heterocycles. The van der Waals surface area contributed by atoms with Gasteiger partial charge in [0.05, 0.1) is 26.0 Å². The summed E-state index contributed by atoms with van der Waals surface area (Å²) in [5.74, 6) is 2.54. The fourth-order valence-electron chi connectivity index (χ4n) is 4.39. The smallest absolute Gasteiger partial charge is 0.151 e. The molecule has 2 fully saturated rings. The van der Waals surface area contributed by atoms with Gasteiger partial charge in [0.15, 0.2) is 5.82 Å². The van der Waals surface area contributed by atoms with E-state index in [1.165, 1.54) is 12.8 Å². The van der Waals surface area contributed by atoms with Crippen LogP contribution in [0.25, 0.3) is 11.3 Å². The first-order valence-corrected chi connectivity index (χ1v) is 10.3. The lowest BCUT2D eigenvalue weighted by atomic mass is 9.89. The van der Waals surface area contributed by atoms with Gasteiger partial charge in [0.25, 0.3) is 0 Å². The molecule has 1 aromatic carbocycles. The minimum Gasteiger partial charge on any atom is -0.496 e. The van der Waals surface area contributed by atoms with E-state index in [9.17, 15) is 0 Å². The van der Waals surface area contributed by atoms with Crippen LogP contribution in [0.3, 0.4) is 0 Å². The minimum atomic E-state index is 0.630. The van der Waals surface area contributed by atoms with Crippen LogP contribution in [0.2, 0.25) is 0 Å². The van der Waals surface area contributed by atoms with Crippen molar-refractivity contribution in [3.63, 3.8) is 0 Å². The standard InChI is InChI=1S/C22H30N4O2/c1-17(25-13-15-28-16-14-25)18-9-11-26(12-10-18)22-8-7-20(23-24-22)19-5-3-4-6-21(19)27-2/h3-8,17-18H,9-16H2,1-2H3. The molecule has 4 rings (SSSR count). The molecule has 1 aromatic heterocycles. The Bertz CT molecular complexity index is 753. The molecule has 150 valence electrons. The Hall–Kier alpha value is -2.18. The largest absolute Gasteiger partial charge is 0.496 e. The van der Waals surface area contributed by atoms with E-state index in [-0.39, 0.29) is 0 Å². The number of aromatic nitrogens is 2. The molecule has 0 bridgehead atoms. The van der Waals surface area contributed by atoms with Crippen molar-refractivity contribution in [2.75, 3.05) is 51.4 Å². The van der Waals surface area contributed by atoms with E-state index in [2.05, 4.69) is 33.0 Å². The van der Waals surface area contributed by atoms with Crippen LogP contribution in [-0.2, 0) is 4.74 Å². The molecule has 1 atom stereocenters. The molecule has 2 aromatic rings. The van der Waals surface area contributed by atoms with Crippen molar-refractivity contribution < 1.29 is 9.47 Å². The molecule has 1 unspecified atom stereocenters. The third-order valence-electron chi connectivity index (χ3n) is 6.20. The van der Waals surface area contributed by atoms with Crippen LogP contribution in [0, 0.1) is 5.92 Å². The molecule has 2 aliphatic rings. The molecule has 28 heavy (non-hydrogen) atoms. The van der Waals surface area contributed by atoms with Crippen LogP contribution in [0.5, 0.6) is 5.75 Å². The maximum atomic E-state index is 5.50. The van der Waals surface area contributed by atoms with E-state index in [0.29, 0.717) is 6.04 Å². The predicted octanol–water partition coefficient (Wildman–Crippen LogP) is 3.09. The fraction of sp³-hybridized carbons (Fsp3) is 0.545. The average molecular weight is 383 g/mol. The predicted molar refractivity (Wildman–Crippen MR) is 111 cm³/mol. The first-order valence-electron chi connectivity index (χ1n) is 10.3. The number of ether oxygens (including phenoxy) is 2. The van der Waals surface area contributed by atoms with Crippen LogP contribution in [0.4, 0.5) is 5.82 Å². The van der Waals surface area contributed by atoms with Crippen molar-refractivity contribution in [3.05, 3.63) is 36.4 Å². The molecule has 0 saturated carbocycles. The normalized spacial score (nSPS) is 20.1. The Kier molecular flexibility index (Phi) is 6.07. The molecule has 0 aliphatic carbocycles. The second kappa shape index (κ2) is 8.88. The van der Waals surface area contributed by atoms with Crippen LogP contribution in [-0.4, -0.2) is 67.6 Å². The fourth-order valence-corrected chi connectivity index (χ4v) is 4.39. The van der Waals surface area contributed by atoms with Crippen molar-refractivity contribution in [1.82, 2.24) is 15.1 Å². The highest BCUT2D eigenvalue weighted by Crippen LogP contribution is 2.30. The lowest BCUT2D eigenvalue weighted by Gasteiger charge is -2.41. The molecule has 2 aliphatic heterocycles. The average Bonchev–Trinajstić information content (AvgIpc) is 2.79. The monoisotopic (exact) mass is 382 g/mol. The number of para-hydroxylation sites is 1. The van der Waals surface area contributed by atoms with Crippen molar-refractivity contribution in [1.29, 1.82) is 0 Å². The van der Waals surface area contributed by atoms with Crippen LogP contribution in [0.15, 0.2) is 36.4 Å². The Morgan fingerprint density at radius 1 is 1.00 bits per heavy atom. The number of anilines is 1. The molecule has 0 radical (unpaired) electrons. The minimum absolute atomic E-state index is 0.630. The highest BCUT2D eigenvalue weighted by atomic mass is 16.5. The van der Waals surface area contributed by atoms with Gasteiger partial charge < -0.3 is 14.4 Å². The number of hydrogen-bond donors (Lipinski definition) is 0. The number of rotatable bonds is 5. The zero-order valence-corrected chi connectivity index (χ0v) is 16.9. The highest BCUT2D eigenvalue weighted by Gasteiger charge is 2.29. The number of benzene rings is 1. The van der Waals surface area contributed by atoms with Gasteiger partial charge in [0.2, 0.25) is 0 Å². The third kappa shape index (κ3) is 4.13. The summed E-state index contributed by atoms with van der Waals surface area (Å²) < 4.78 is 10.9. The Morgan fingerprint density at radius 3 is 2.43 bits per heavy atom. The van der Waals surface area contributed by atoms with Gasteiger partial charge in [-0.05, 0) is 49.9 Å². The molecule has 6 nitrogen and oxygen atoms in total. The van der Waals surface area contributed by atoms with Gasteiger partial charge in [-0.3, -0.25) is 4.90 Å². The van der Waals surface area contributed by atoms with Gasteiger partial charge in [-0.1, -0.05) is 12.1 Å². The molecular weight excluding hydrogens is 352 g/mol. The lowest BCUT2D eigenvalue weighted by Crippen LogP contribution is -2.48. The number of piperidine rings is 1. The zero-order chi connectivity index (χ0) is 19.3. The summed E-state index contributed by atoms with van der Waals surface area (Å²) in [6.45, 7) is 8.35. The summed E-state index contributed by atoms with van der Waals surface area (Å²) >= 11 is 0. The van der Waals surface area contributed by atoms with Crippen molar-refractivity contribution in [3.8, 4) is 17.0 Å². The highest BCUT2D eigenvalue weighted by molar-refractivity contribution is 5.67. The molecular formula is C22H30N4O2. The first-order chi connectivity index (χ1) is 13.8. The van der Waals surface area contributed by atoms with E-state index in [1.807, 2.05) is 30.3 Å². The number of morpholine rings is 1.